The second kappa shape index (κ2) is 4.52. The zero-order valence-electron chi connectivity index (χ0n) is 13.8. The van der Waals surface area contributed by atoms with Crippen molar-refractivity contribution >= 4 is 0 Å². The molecule has 1 heterocycles. The van der Waals surface area contributed by atoms with Crippen molar-refractivity contribution in [1.29, 1.82) is 0 Å². The van der Waals surface area contributed by atoms with E-state index in [1.807, 2.05) is 12.1 Å². The first-order valence-electron chi connectivity index (χ1n) is 9.19. The Morgan fingerprint density at radius 1 is 1.17 bits per heavy atom. The van der Waals surface area contributed by atoms with E-state index in [1.165, 1.54) is 17.5 Å². The first-order chi connectivity index (χ1) is 11.0. The van der Waals surface area contributed by atoms with Crippen molar-refractivity contribution in [2.24, 2.45) is 17.3 Å². The average molecular weight is 314 g/mol. The van der Waals surface area contributed by atoms with E-state index >= 15 is 0 Å². The Bertz CT molecular complexity index is 652. The topological polar surface area (TPSA) is 53.0 Å². The van der Waals surface area contributed by atoms with Gasteiger partial charge in [0, 0.05) is 5.41 Å². The zero-order valence-corrected chi connectivity index (χ0v) is 13.8. The van der Waals surface area contributed by atoms with Crippen LogP contribution in [0.15, 0.2) is 18.2 Å². The van der Waals surface area contributed by atoms with Gasteiger partial charge in [-0.2, -0.15) is 0 Å². The van der Waals surface area contributed by atoms with Crippen LogP contribution >= 0.6 is 0 Å². The maximum atomic E-state index is 11.3. The SMILES string of the molecule is C[C@]12CC[C@@H]3c4ccc(O)cc4CC[C@H]3[C@@H]1CC[C@]2(O)C1CO1. The fourth-order valence-corrected chi connectivity index (χ4v) is 6.47. The molecular weight excluding hydrogens is 288 g/mol. The summed E-state index contributed by atoms with van der Waals surface area (Å²) in [5, 5.41) is 21.1. The monoisotopic (exact) mass is 314 g/mol. The van der Waals surface area contributed by atoms with Crippen LogP contribution in [0.25, 0.3) is 0 Å². The van der Waals surface area contributed by atoms with Gasteiger partial charge in [0.05, 0.1) is 12.2 Å². The van der Waals surface area contributed by atoms with E-state index in [4.69, 9.17) is 4.74 Å². The molecule has 0 bridgehead atoms. The second-order valence-corrected chi connectivity index (χ2v) is 8.54. The predicted molar refractivity (Wildman–Crippen MR) is 87.4 cm³/mol. The molecule has 3 fully saturated rings. The standard InChI is InChI=1S/C20H26O3/c1-19-8-6-15-14-5-3-13(21)10-12(14)2-4-16(15)17(19)7-9-20(19,22)18-11-23-18/h3,5,10,15-18,21-22H,2,4,6-9,11H2,1H3/t15-,16-,17+,18?,19+,20+/m1/s1. The smallest absolute Gasteiger partial charge is 0.115 e. The highest BCUT2D eigenvalue weighted by atomic mass is 16.6. The zero-order chi connectivity index (χ0) is 15.8. The van der Waals surface area contributed by atoms with Crippen molar-refractivity contribution in [3.63, 3.8) is 0 Å². The van der Waals surface area contributed by atoms with Crippen LogP contribution in [0, 0.1) is 17.3 Å². The van der Waals surface area contributed by atoms with Gasteiger partial charge in [0.25, 0.3) is 0 Å². The molecule has 4 aliphatic rings. The van der Waals surface area contributed by atoms with Crippen LogP contribution < -0.4 is 0 Å². The van der Waals surface area contributed by atoms with Crippen molar-refractivity contribution in [3.8, 4) is 5.75 Å². The van der Waals surface area contributed by atoms with Gasteiger partial charge in [-0.05, 0) is 79.5 Å². The summed E-state index contributed by atoms with van der Waals surface area (Å²) in [7, 11) is 0. The Hall–Kier alpha value is -1.06. The number of aromatic hydroxyl groups is 1. The fourth-order valence-electron chi connectivity index (χ4n) is 6.47. The predicted octanol–water partition coefficient (Wildman–Crippen LogP) is 3.38. The normalized spacial score (nSPS) is 47.6. The summed E-state index contributed by atoms with van der Waals surface area (Å²) < 4.78 is 5.54. The van der Waals surface area contributed by atoms with Gasteiger partial charge in [-0.3, -0.25) is 0 Å². The van der Waals surface area contributed by atoms with E-state index in [0.717, 1.165) is 38.7 Å². The Morgan fingerprint density at radius 3 is 2.78 bits per heavy atom. The Kier molecular flexibility index (Phi) is 2.81. The molecule has 2 N–H and O–H groups in total. The first kappa shape index (κ1) is 14.3. The first-order valence-corrected chi connectivity index (χ1v) is 9.19. The number of rotatable bonds is 1. The van der Waals surface area contributed by atoms with Crippen LogP contribution in [0.4, 0.5) is 0 Å². The van der Waals surface area contributed by atoms with Gasteiger partial charge >= 0.3 is 0 Å². The van der Waals surface area contributed by atoms with Crippen molar-refractivity contribution in [3.05, 3.63) is 29.3 Å². The molecule has 6 atom stereocenters. The summed E-state index contributed by atoms with van der Waals surface area (Å²) in [6, 6.07) is 5.95. The molecule has 3 heteroatoms. The number of hydrogen-bond acceptors (Lipinski definition) is 3. The second-order valence-electron chi connectivity index (χ2n) is 8.54. The molecule has 3 aliphatic carbocycles. The van der Waals surface area contributed by atoms with Crippen LogP contribution in [0.2, 0.25) is 0 Å². The lowest BCUT2D eigenvalue weighted by Gasteiger charge is -2.53. The minimum atomic E-state index is -0.599. The summed E-state index contributed by atoms with van der Waals surface area (Å²) in [4.78, 5) is 0. The molecule has 23 heavy (non-hydrogen) atoms. The number of fused-ring (bicyclic) bond motifs is 5. The third kappa shape index (κ3) is 1.78. The number of epoxide rings is 1. The highest BCUT2D eigenvalue weighted by Gasteiger charge is 2.66. The molecule has 1 aromatic rings. The molecule has 1 aromatic carbocycles. The van der Waals surface area contributed by atoms with E-state index < -0.39 is 5.60 Å². The van der Waals surface area contributed by atoms with Gasteiger partial charge in [-0.1, -0.05) is 13.0 Å². The van der Waals surface area contributed by atoms with Crippen molar-refractivity contribution in [2.45, 2.75) is 63.1 Å². The van der Waals surface area contributed by atoms with Crippen molar-refractivity contribution in [1.82, 2.24) is 0 Å². The summed E-state index contributed by atoms with van der Waals surface area (Å²) >= 11 is 0. The molecule has 1 aliphatic heterocycles. The molecule has 124 valence electrons. The van der Waals surface area contributed by atoms with Gasteiger partial charge in [0.1, 0.15) is 11.9 Å². The third-order valence-electron chi connectivity index (χ3n) is 7.79. The Morgan fingerprint density at radius 2 is 2.00 bits per heavy atom. The van der Waals surface area contributed by atoms with Crippen molar-refractivity contribution < 1.29 is 14.9 Å². The van der Waals surface area contributed by atoms with E-state index in [-0.39, 0.29) is 11.5 Å². The largest absolute Gasteiger partial charge is 0.508 e. The molecule has 0 radical (unpaired) electrons. The summed E-state index contributed by atoms with van der Waals surface area (Å²) in [5.41, 5.74) is 2.22. The number of ether oxygens (including phenoxy) is 1. The maximum absolute atomic E-state index is 11.3. The molecule has 1 unspecified atom stereocenters. The number of phenols is 1. The van der Waals surface area contributed by atoms with E-state index in [1.54, 1.807) is 0 Å². The van der Waals surface area contributed by atoms with Gasteiger partial charge in [-0.15, -0.1) is 0 Å². The third-order valence-corrected chi connectivity index (χ3v) is 7.79. The molecule has 2 saturated carbocycles. The summed E-state index contributed by atoms with van der Waals surface area (Å²) in [5.74, 6) is 2.29. The number of aliphatic hydroxyl groups is 1. The van der Waals surface area contributed by atoms with E-state index in [2.05, 4.69) is 13.0 Å². The van der Waals surface area contributed by atoms with Crippen LogP contribution in [-0.4, -0.2) is 28.5 Å². The molecule has 1 saturated heterocycles. The molecular formula is C20H26O3. The van der Waals surface area contributed by atoms with Crippen LogP contribution in [0.5, 0.6) is 5.75 Å². The fraction of sp³-hybridized carbons (Fsp3) is 0.700. The Balaban J connectivity index is 1.51. The highest BCUT2D eigenvalue weighted by molar-refractivity contribution is 5.40. The van der Waals surface area contributed by atoms with Crippen molar-refractivity contribution in [2.75, 3.05) is 6.61 Å². The minimum absolute atomic E-state index is 0.0176. The van der Waals surface area contributed by atoms with Crippen LogP contribution in [-0.2, 0) is 11.2 Å². The van der Waals surface area contributed by atoms with E-state index in [9.17, 15) is 10.2 Å². The lowest BCUT2D eigenvalue weighted by molar-refractivity contribution is -0.116. The minimum Gasteiger partial charge on any atom is -0.508 e. The molecule has 0 spiro atoms. The van der Waals surface area contributed by atoms with Gasteiger partial charge < -0.3 is 14.9 Å². The number of benzene rings is 1. The summed E-state index contributed by atoms with van der Waals surface area (Å²) in [6.07, 6.45) is 6.65. The average Bonchev–Trinajstić information content (AvgIpc) is 3.34. The maximum Gasteiger partial charge on any atom is 0.115 e. The van der Waals surface area contributed by atoms with Crippen LogP contribution in [0.1, 0.15) is 56.1 Å². The van der Waals surface area contributed by atoms with Gasteiger partial charge in [0.15, 0.2) is 0 Å². The van der Waals surface area contributed by atoms with Crippen LogP contribution in [0.3, 0.4) is 0 Å². The molecule has 0 aromatic heterocycles. The molecule has 3 nitrogen and oxygen atoms in total. The Labute approximate surface area is 137 Å². The molecule has 0 amide bonds. The van der Waals surface area contributed by atoms with E-state index in [0.29, 0.717) is 23.5 Å². The number of phenolic OH excluding ortho intramolecular Hbond substituents is 1. The highest BCUT2D eigenvalue weighted by Crippen LogP contribution is 2.66. The lowest BCUT2D eigenvalue weighted by Crippen LogP contribution is -2.53. The van der Waals surface area contributed by atoms with Gasteiger partial charge in [-0.25, -0.2) is 0 Å². The van der Waals surface area contributed by atoms with Gasteiger partial charge in [0.2, 0.25) is 0 Å². The quantitative estimate of drug-likeness (QED) is 0.781. The number of aryl methyl sites for hydroxylation is 1. The number of hydrogen-bond donors (Lipinski definition) is 2. The summed E-state index contributed by atoms with van der Waals surface area (Å²) in [6.45, 7) is 3.07. The lowest BCUT2D eigenvalue weighted by atomic mass is 9.53. The molecule has 5 rings (SSSR count).